The molecule has 0 aliphatic carbocycles. The summed E-state index contributed by atoms with van der Waals surface area (Å²) in [7, 11) is 1.46. The quantitative estimate of drug-likeness (QED) is 0.298. The van der Waals surface area contributed by atoms with E-state index in [1.807, 2.05) is 35.1 Å². The molecule has 0 atom stereocenters. The summed E-state index contributed by atoms with van der Waals surface area (Å²) in [6, 6.07) is 12.7. The number of hydrogen-bond acceptors (Lipinski definition) is 7. The van der Waals surface area contributed by atoms with Gasteiger partial charge in [0.25, 0.3) is 5.91 Å². The first kappa shape index (κ1) is 30.1. The van der Waals surface area contributed by atoms with E-state index in [9.17, 15) is 27.6 Å². The second-order valence-corrected chi connectivity index (χ2v) is 11.0. The zero-order valence-corrected chi connectivity index (χ0v) is 24.3. The van der Waals surface area contributed by atoms with Crippen LogP contribution in [0.3, 0.4) is 0 Å². The third kappa shape index (κ3) is 6.45. The van der Waals surface area contributed by atoms with Gasteiger partial charge in [-0.05, 0) is 42.7 Å². The van der Waals surface area contributed by atoms with Crippen molar-refractivity contribution in [2.24, 2.45) is 0 Å². The van der Waals surface area contributed by atoms with Crippen LogP contribution >= 0.6 is 0 Å². The Morgan fingerprint density at radius 3 is 2.56 bits per heavy atom. The van der Waals surface area contributed by atoms with Gasteiger partial charge in [0.05, 0.1) is 29.9 Å². The number of aromatic nitrogens is 3. The van der Waals surface area contributed by atoms with Gasteiger partial charge < -0.3 is 10.1 Å². The standard InChI is InChI=1S/C31H30F3N7O4/c1-45-26-15-23-21(14-24(26)36-29(43)19-6-7-27(35-16-19)31(32,33)34)18-41(38-23)22-8-11-39(12-9-22)17-20-4-2-3-5-25(20)40-13-10-28(42)37-30(40)44/h2-7,14-16,18,22H,8-13,17H2,1H3,(H,36,43)(H,37,42,44). The number of fused-ring (bicyclic) bond motifs is 1. The van der Waals surface area contributed by atoms with Crippen molar-refractivity contribution in [2.45, 2.75) is 38.0 Å². The van der Waals surface area contributed by atoms with Gasteiger partial charge in [-0.25, -0.2) is 4.79 Å². The largest absolute Gasteiger partial charge is 0.494 e. The number of nitrogens with one attached hydrogen (secondary N) is 2. The SMILES string of the molecule is COc1cc2nn(C3CCN(Cc4ccccc4N4CCC(=O)NC4=O)CC3)cc2cc1NC(=O)c1ccc(C(F)(F)F)nc1. The number of likely N-dealkylation sites (tertiary alicyclic amines) is 1. The summed E-state index contributed by atoms with van der Waals surface area (Å²) in [4.78, 5) is 44.1. The van der Waals surface area contributed by atoms with Crippen molar-refractivity contribution in [1.82, 2.24) is 25.0 Å². The molecule has 14 heteroatoms. The lowest BCUT2D eigenvalue weighted by molar-refractivity contribution is -0.141. The van der Waals surface area contributed by atoms with E-state index < -0.39 is 23.8 Å². The number of ether oxygens (including phenoxy) is 1. The van der Waals surface area contributed by atoms with E-state index >= 15 is 0 Å². The molecule has 2 saturated heterocycles. The molecule has 11 nitrogen and oxygen atoms in total. The maximum Gasteiger partial charge on any atom is 0.433 e. The fourth-order valence-corrected chi connectivity index (χ4v) is 5.70. The number of carbonyl (C=O) groups excluding carboxylic acids is 3. The predicted octanol–water partition coefficient (Wildman–Crippen LogP) is 4.99. The molecule has 45 heavy (non-hydrogen) atoms. The molecule has 4 heterocycles. The van der Waals surface area contributed by atoms with Crippen molar-refractivity contribution in [3.63, 3.8) is 0 Å². The molecule has 4 aromatic rings. The van der Waals surface area contributed by atoms with E-state index in [0.29, 0.717) is 30.0 Å². The number of piperidine rings is 1. The molecule has 2 aromatic heterocycles. The maximum absolute atomic E-state index is 12.8. The Kier molecular flexibility index (Phi) is 8.14. The highest BCUT2D eigenvalue weighted by molar-refractivity contribution is 6.06. The number of para-hydroxylation sites is 1. The third-order valence-corrected chi connectivity index (χ3v) is 8.07. The molecule has 2 fully saturated rings. The number of pyridine rings is 1. The van der Waals surface area contributed by atoms with Crippen LogP contribution in [0.25, 0.3) is 10.9 Å². The molecule has 2 aliphatic rings. The van der Waals surface area contributed by atoms with Crippen molar-refractivity contribution in [3.8, 4) is 5.75 Å². The van der Waals surface area contributed by atoms with E-state index in [2.05, 4.69) is 20.5 Å². The molecule has 0 unspecified atom stereocenters. The van der Waals surface area contributed by atoms with Gasteiger partial charge in [-0.15, -0.1) is 0 Å². The second kappa shape index (κ2) is 12.2. The van der Waals surface area contributed by atoms with Gasteiger partial charge in [-0.3, -0.25) is 34.4 Å². The lowest BCUT2D eigenvalue weighted by atomic mass is 10.0. The van der Waals surface area contributed by atoms with Crippen molar-refractivity contribution in [2.75, 3.05) is 37.0 Å². The fourth-order valence-electron chi connectivity index (χ4n) is 5.70. The number of methoxy groups -OCH3 is 1. The minimum atomic E-state index is -4.60. The Labute approximate surface area is 256 Å². The predicted molar refractivity (Wildman–Crippen MR) is 159 cm³/mol. The number of halogens is 3. The van der Waals surface area contributed by atoms with Gasteiger partial charge in [-0.1, -0.05) is 18.2 Å². The second-order valence-electron chi connectivity index (χ2n) is 11.0. The van der Waals surface area contributed by atoms with E-state index in [0.717, 1.165) is 60.9 Å². The van der Waals surface area contributed by atoms with E-state index in [1.165, 1.54) is 7.11 Å². The van der Waals surface area contributed by atoms with E-state index in [-0.39, 0.29) is 23.9 Å². The molecule has 0 saturated carbocycles. The van der Waals surface area contributed by atoms with Gasteiger partial charge in [0.1, 0.15) is 11.4 Å². The summed E-state index contributed by atoms with van der Waals surface area (Å²) in [5.41, 5.74) is 1.75. The summed E-state index contributed by atoms with van der Waals surface area (Å²) in [5, 5.41) is 10.6. The lowest BCUT2D eigenvalue weighted by Gasteiger charge is -2.34. The molecule has 2 aliphatic heterocycles. The van der Waals surface area contributed by atoms with Gasteiger partial charge in [0.15, 0.2) is 0 Å². The minimum Gasteiger partial charge on any atom is -0.494 e. The number of anilines is 2. The Balaban J connectivity index is 1.12. The molecule has 4 amide bonds. The minimum absolute atomic E-state index is 0.0236. The fraction of sp³-hybridized carbons (Fsp3) is 0.323. The van der Waals surface area contributed by atoms with Gasteiger partial charge in [0, 0.05) is 62.1 Å². The molecular formula is C31H30F3N7O4. The first-order chi connectivity index (χ1) is 21.6. The monoisotopic (exact) mass is 621 g/mol. The molecule has 0 bridgehead atoms. The first-order valence-corrected chi connectivity index (χ1v) is 14.4. The Morgan fingerprint density at radius 2 is 1.87 bits per heavy atom. The zero-order chi connectivity index (χ0) is 31.7. The van der Waals surface area contributed by atoms with Crippen LogP contribution in [0.2, 0.25) is 0 Å². The highest BCUT2D eigenvalue weighted by Crippen LogP contribution is 2.33. The molecule has 2 N–H and O–H groups in total. The molecule has 6 rings (SSSR count). The highest BCUT2D eigenvalue weighted by Gasteiger charge is 2.32. The van der Waals surface area contributed by atoms with Crippen LogP contribution in [0.5, 0.6) is 5.75 Å². The van der Waals surface area contributed by atoms with Crippen LogP contribution in [0.4, 0.5) is 29.3 Å². The topological polar surface area (TPSA) is 122 Å². The molecular weight excluding hydrogens is 591 g/mol. The number of carbonyl (C=O) groups is 3. The Bertz CT molecular complexity index is 1750. The van der Waals surface area contributed by atoms with Crippen LogP contribution in [0, 0.1) is 0 Å². The van der Waals surface area contributed by atoms with Gasteiger partial charge in [-0.2, -0.15) is 18.3 Å². The van der Waals surface area contributed by atoms with E-state index in [1.54, 1.807) is 17.0 Å². The van der Waals surface area contributed by atoms with Crippen molar-refractivity contribution < 1.29 is 32.3 Å². The first-order valence-electron chi connectivity index (χ1n) is 14.4. The Hall–Kier alpha value is -4.98. The number of benzene rings is 2. The van der Waals surface area contributed by atoms with E-state index in [4.69, 9.17) is 9.84 Å². The summed E-state index contributed by atoms with van der Waals surface area (Å²) in [6.45, 7) is 2.63. The molecule has 234 valence electrons. The number of rotatable bonds is 7. The van der Waals surface area contributed by atoms with Crippen LogP contribution in [-0.4, -0.2) is 64.3 Å². The average molecular weight is 622 g/mol. The third-order valence-electron chi connectivity index (χ3n) is 8.07. The smallest absolute Gasteiger partial charge is 0.433 e. The Morgan fingerprint density at radius 1 is 1.09 bits per heavy atom. The number of amides is 4. The summed E-state index contributed by atoms with van der Waals surface area (Å²) >= 11 is 0. The molecule has 0 spiro atoms. The maximum atomic E-state index is 12.8. The number of urea groups is 1. The van der Waals surface area contributed by atoms with Crippen molar-refractivity contribution in [1.29, 1.82) is 0 Å². The van der Waals surface area contributed by atoms with Crippen LogP contribution in [-0.2, 0) is 17.5 Å². The average Bonchev–Trinajstić information content (AvgIpc) is 3.44. The van der Waals surface area contributed by atoms with Gasteiger partial charge >= 0.3 is 12.2 Å². The molecule has 0 radical (unpaired) electrons. The molecule has 2 aromatic carbocycles. The number of imide groups is 1. The summed E-state index contributed by atoms with van der Waals surface area (Å²) in [6.07, 6.45) is 0.156. The van der Waals surface area contributed by atoms with Crippen molar-refractivity contribution in [3.05, 3.63) is 77.7 Å². The van der Waals surface area contributed by atoms with Gasteiger partial charge in [0.2, 0.25) is 5.91 Å². The number of hydrogen-bond donors (Lipinski definition) is 2. The normalized spacial score (nSPS) is 16.6. The van der Waals surface area contributed by atoms with Crippen LogP contribution in [0.15, 0.2) is 60.9 Å². The summed E-state index contributed by atoms with van der Waals surface area (Å²) in [5.74, 6) is -0.525. The summed E-state index contributed by atoms with van der Waals surface area (Å²) < 4.78 is 45.9. The van der Waals surface area contributed by atoms with Crippen molar-refractivity contribution >= 4 is 40.1 Å². The lowest BCUT2D eigenvalue weighted by Crippen LogP contribution is -2.50. The number of nitrogens with zero attached hydrogens (tertiary/aromatic N) is 5. The zero-order valence-electron chi connectivity index (χ0n) is 24.3. The van der Waals surface area contributed by atoms with Crippen LogP contribution < -0.4 is 20.3 Å². The highest BCUT2D eigenvalue weighted by atomic mass is 19.4. The number of alkyl halides is 3. The van der Waals surface area contributed by atoms with Crippen LogP contribution in [0.1, 0.15) is 46.9 Å².